The number of halogens is 2. The molecule has 22 heavy (non-hydrogen) atoms. The number of carbonyl (C=O) groups is 1. The molecule has 0 aromatic heterocycles. The molecule has 0 saturated heterocycles. The zero-order valence-corrected chi connectivity index (χ0v) is 14.4. The number of hydrogen-bond donors (Lipinski definition) is 2. The van der Waals surface area contributed by atoms with Gasteiger partial charge in [-0.15, -0.1) is 0 Å². The zero-order valence-electron chi connectivity index (χ0n) is 12.0. The molecule has 2 N–H and O–H groups in total. The van der Waals surface area contributed by atoms with E-state index in [0.29, 0.717) is 15.6 Å². The fraction of sp³-hybridized carbons (Fsp3) is 0.125. The van der Waals surface area contributed by atoms with Crippen LogP contribution < -0.4 is 10.6 Å². The largest absolute Gasteiger partial charge is 0.332 e. The molecule has 0 radical (unpaired) electrons. The predicted octanol–water partition coefficient (Wildman–Crippen LogP) is 4.74. The van der Waals surface area contributed by atoms with Crippen molar-refractivity contribution >= 4 is 52.1 Å². The maximum Gasteiger partial charge on any atom is 0.257 e. The average Bonchev–Trinajstić information content (AvgIpc) is 2.41. The van der Waals surface area contributed by atoms with Crippen molar-refractivity contribution in [2.24, 2.45) is 0 Å². The molecule has 0 fully saturated rings. The highest BCUT2D eigenvalue weighted by molar-refractivity contribution is 7.80. The van der Waals surface area contributed by atoms with Gasteiger partial charge in [-0.1, -0.05) is 29.3 Å². The Kier molecular flexibility index (Phi) is 5.40. The molecule has 2 aromatic rings. The minimum absolute atomic E-state index is 0.212. The fourth-order valence-electron chi connectivity index (χ4n) is 1.84. The minimum atomic E-state index is -0.370. The molecule has 0 saturated carbocycles. The Morgan fingerprint density at radius 2 is 1.64 bits per heavy atom. The molecule has 0 aliphatic rings. The molecule has 114 valence electrons. The van der Waals surface area contributed by atoms with Crippen LogP contribution in [-0.2, 0) is 0 Å². The predicted molar refractivity (Wildman–Crippen MR) is 96.1 cm³/mol. The first kappa shape index (κ1) is 16.7. The number of hydrogen-bond acceptors (Lipinski definition) is 2. The summed E-state index contributed by atoms with van der Waals surface area (Å²) in [5.74, 6) is -0.370. The van der Waals surface area contributed by atoms with E-state index in [-0.39, 0.29) is 11.0 Å². The number of anilines is 1. The summed E-state index contributed by atoms with van der Waals surface area (Å²) in [4.78, 5) is 12.1. The van der Waals surface area contributed by atoms with E-state index in [9.17, 15) is 4.79 Å². The van der Waals surface area contributed by atoms with Crippen LogP contribution in [0, 0.1) is 13.8 Å². The molecular formula is C16H14Cl2N2OS. The number of benzene rings is 2. The number of amides is 1. The second kappa shape index (κ2) is 7.09. The van der Waals surface area contributed by atoms with E-state index in [2.05, 4.69) is 10.6 Å². The third kappa shape index (κ3) is 4.44. The normalized spacial score (nSPS) is 10.2. The van der Waals surface area contributed by atoms with Gasteiger partial charge >= 0.3 is 0 Å². The molecule has 2 rings (SSSR count). The topological polar surface area (TPSA) is 41.1 Å². The Morgan fingerprint density at radius 1 is 1.00 bits per heavy atom. The van der Waals surface area contributed by atoms with Crippen LogP contribution in [0.5, 0.6) is 0 Å². The molecule has 0 aliphatic carbocycles. The van der Waals surface area contributed by atoms with E-state index in [1.165, 1.54) is 17.7 Å². The lowest BCUT2D eigenvalue weighted by Crippen LogP contribution is -2.34. The van der Waals surface area contributed by atoms with E-state index >= 15 is 0 Å². The summed E-state index contributed by atoms with van der Waals surface area (Å²) in [6.07, 6.45) is 0. The molecule has 2 aromatic carbocycles. The van der Waals surface area contributed by atoms with Crippen molar-refractivity contribution < 1.29 is 4.79 Å². The smallest absolute Gasteiger partial charge is 0.257 e. The lowest BCUT2D eigenvalue weighted by Gasteiger charge is -2.11. The molecule has 1 amide bonds. The SMILES string of the molecule is Cc1ccc(NC(=S)NC(=O)c2cc(Cl)cc(Cl)c2)cc1C. The second-order valence-corrected chi connectivity index (χ2v) is 6.15. The van der Waals surface area contributed by atoms with Gasteiger partial charge in [0.2, 0.25) is 0 Å². The van der Waals surface area contributed by atoms with Crippen LogP contribution in [0.2, 0.25) is 10.0 Å². The van der Waals surface area contributed by atoms with E-state index in [1.54, 1.807) is 6.07 Å². The molecule has 6 heteroatoms. The van der Waals surface area contributed by atoms with Crippen LogP contribution in [-0.4, -0.2) is 11.0 Å². The molecule has 0 aliphatic heterocycles. The second-order valence-electron chi connectivity index (χ2n) is 4.87. The first-order chi connectivity index (χ1) is 10.3. The van der Waals surface area contributed by atoms with Gasteiger partial charge in [0.1, 0.15) is 0 Å². The Labute approximate surface area is 144 Å². The van der Waals surface area contributed by atoms with Crippen LogP contribution in [0.15, 0.2) is 36.4 Å². The number of carbonyl (C=O) groups excluding carboxylic acids is 1. The highest BCUT2D eigenvalue weighted by atomic mass is 35.5. The Hall–Kier alpha value is -1.62. The van der Waals surface area contributed by atoms with Crippen LogP contribution in [0.1, 0.15) is 21.5 Å². The number of thiocarbonyl (C=S) groups is 1. The molecular weight excluding hydrogens is 339 g/mol. The molecule has 0 bridgehead atoms. The lowest BCUT2D eigenvalue weighted by molar-refractivity contribution is 0.0977. The summed E-state index contributed by atoms with van der Waals surface area (Å²) < 4.78 is 0. The van der Waals surface area contributed by atoms with Gasteiger partial charge in [0.15, 0.2) is 5.11 Å². The van der Waals surface area contributed by atoms with Gasteiger partial charge in [-0.2, -0.15) is 0 Å². The number of aryl methyl sites for hydroxylation is 2. The summed E-state index contributed by atoms with van der Waals surface area (Å²) in [6.45, 7) is 4.04. The Bertz CT molecular complexity index is 727. The summed E-state index contributed by atoms with van der Waals surface area (Å²) in [7, 11) is 0. The van der Waals surface area contributed by atoms with Crippen LogP contribution in [0.25, 0.3) is 0 Å². The maximum absolute atomic E-state index is 12.1. The third-order valence-corrected chi connectivity index (χ3v) is 3.76. The Balaban J connectivity index is 2.04. The van der Waals surface area contributed by atoms with Gasteiger partial charge < -0.3 is 5.32 Å². The maximum atomic E-state index is 12.1. The lowest BCUT2D eigenvalue weighted by atomic mass is 10.1. The van der Waals surface area contributed by atoms with Crippen molar-refractivity contribution in [1.82, 2.24) is 5.32 Å². The summed E-state index contributed by atoms with van der Waals surface area (Å²) in [5.41, 5.74) is 3.49. The van der Waals surface area contributed by atoms with Crippen molar-refractivity contribution in [1.29, 1.82) is 0 Å². The molecule has 0 spiro atoms. The quantitative estimate of drug-likeness (QED) is 0.767. The van der Waals surface area contributed by atoms with Crippen LogP contribution in [0.4, 0.5) is 5.69 Å². The molecule has 0 unspecified atom stereocenters. The van der Waals surface area contributed by atoms with Crippen LogP contribution >= 0.6 is 35.4 Å². The summed E-state index contributed by atoms with van der Waals surface area (Å²) in [5, 5.41) is 6.57. The number of nitrogens with one attached hydrogen (secondary N) is 2. The highest BCUT2D eigenvalue weighted by Gasteiger charge is 2.10. The van der Waals surface area contributed by atoms with Crippen molar-refractivity contribution in [3.63, 3.8) is 0 Å². The van der Waals surface area contributed by atoms with Gasteiger partial charge in [-0.05, 0) is 67.5 Å². The Morgan fingerprint density at radius 3 is 2.23 bits per heavy atom. The van der Waals surface area contributed by atoms with Crippen molar-refractivity contribution in [2.45, 2.75) is 13.8 Å². The minimum Gasteiger partial charge on any atom is -0.332 e. The van der Waals surface area contributed by atoms with Gasteiger partial charge in [-0.3, -0.25) is 10.1 Å². The first-order valence-electron chi connectivity index (χ1n) is 6.51. The van der Waals surface area contributed by atoms with E-state index < -0.39 is 0 Å². The standard InChI is InChI=1S/C16H14Cl2N2OS/c1-9-3-4-14(5-10(9)2)19-16(22)20-15(21)11-6-12(17)8-13(18)7-11/h3-8H,1-2H3,(H2,19,20,21,22). The zero-order chi connectivity index (χ0) is 16.3. The monoisotopic (exact) mass is 352 g/mol. The van der Waals surface area contributed by atoms with E-state index in [4.69, 9.17) is 35.4 Å². The van der Waals surface area contributed by atoms with E-state index in [0.717, 1.165) is 11.3 Å². The number of rotatable bonds is 2. The van der Waals surface area contributed by atoms with E-state index in [1.807, 2.05) is 32.0 Å². The van der Waals surface area contributed by atoms with Crippen molar-refractivity contribution in [2.75, 3.05) is 5.32 Å². The average molecular weight is 353 g/mol. The summed E-state index contributed by atoms with van der Waals surface area (Å²) in [6, 6.07) is 10.5. The van der Waals surface area contributed by atoms with Crippen molar-refractivity contribution in [3.05, 3.63) is 63.1 Å². The molecule has 3 nitrogen and oxygen atoms in total. The van der Waals surface area contributed by atoms with Crippen LogP contribution in [0.3, 0.4) is 0 Å². The van der Waals surface area contributed by atoms with Gasteiger partial charge in [0.05, 0.1) is 0 Å². The summed E-state index contributed by atoms with van der Waals surface area (Å²) >= 11 is 16.9. The first-order valence-corrected chi connectivity index (χ1v) is 7.67. The van der Waals surface area contributed by atoms with Gasteiger partial charge in [0.25, 0.3) is 5.91 Å². The van der Waals surface area contributed by atoms with Crippen molar-refractivity contribution in [3.8, 4) is 0 Å². The molecule has 0 heterocycles. The third-order valence-electron chi connectivity index (χ3n) is 3.12. The highest BCUT2D eigenvalue weighted by Crippen LogP contribution is 2.19. The van der Waals surface area contributed by atoms with Gasteiger partial charge in [0, 0.05) is 21.3 Å². The fourth-order valence-corrected chi connectivity index (χ4v) is 2.58. The van der Waals surface area contributed by atoms with Gasteiger partial charge in [-0.25, -0.2) is 0 Å². The molecule has 0 atom stereocenters.